The van der Waals surface area contributed by atoms with E-state index in [1.165, 1.54) is 18.4 Å². The van der Waals surface area contributed by atoms with Gasteiger partial charge in [0.2, 0.25) is 0 Å². The largest absolute Gasteiger partial charge is 0.352 e. The fourth-order valence-electron chi connectivity index (χ4n) is 1.68. The van der Waals surface area contributed by atoms with E-state index in [-0.39, 0.29) is 6.29 Å². The van der Waals surface area contributed by atoms with Gasteiger partial charge < -0.3 is 9.47 Å². The number of halogens is 1. The van der Waals surface area contributed by atoms with Crippen molar-refractivity contribution in [1.82, 2.24) is 0 Å². The zero-order chi connectivity index (χ0) is 7.68. The summed E-state index contributed by atoms with van der Waals surface area (Å²) < 4.78 is 13.1. The highest BCUT2D eigenvalue weighted by atomic mass is 127. The molecule has 0 aromatic rings. The first-order chi connectivity index (χ1) is 5.42. The van der Waals surface area contributed by atoms with Gasteiger partial charge in [-0.25, -0.2) is 0 Å². The molecule has 0 aromatic heterocycles. The van der Waals surface area contributed by atoms with Crippen molar-refractivity contribution in [3.05, 3.63) is 9.66 Å². The lowest BCUT2D eigenvalue weighted by Crippen LogP contribution is -2.26. The van der Waals surface area contributed by atoms with Crippen LogP contribution < -0.4 is 0 Å². The normalized spacial score (nSPS) is 41.0. The van der Waals surface area contributed by atoms with E-state index < -0.39 is 0 Å². The molecule has 0 radical (unpaired) electrons. The SMILES string of the molecule is I/C=C1\CO[C@@H]2OCCC[C@H]12. The van der Waals surface area contributed by atoms with Crippen molar-refractivity contribution in [2.24, 2.45) is 5.92 Å². The molecule has 0 saturated carbocycles. The molecule has 2 rings (SSSR count). The van der Waals surface area contributed by atoms with Crippen LogP contribution in [0.15, 0.2) is 9.66 Å². The molecule has 2 fully saturated rings. The van der Waals surface area contributed by atoms with Crippen molar-refractivity contribution >= 4 is 22.6 Å². The van der Waals surface area contributed by atoms with E-state index in [2.05, 4.69) is 26.7 Å². The summed E-state index contributed by atoms with van der Waals surface area (Å²) in [5, 5.41) is 0. The fraction of sp³-hybridized carbons (Fsp3) is 0.750. The first-order valence-electron chi connectivity index (χ1n) is 3.94. The van der Waals surface area contributed by atoms with E-state index in [0.717, 1.165) is 13.2 Å². The quantitative estimate of drug-likeness (QED) is 0.625. The van der Waals surface area contributed by atoms with Gasteiger partial charge in [0.1, 0.15) is 0 Å². The summed E-state index contributed by atoms with van der Waals surface area (Å²) in [5.74, 6) is 0.556. The maximum atomic E-state index is 5.47. The molecule has 0 aliphatic carbocycles. The Labute approximate surface area is 80.1 Å². The van der Waals surface area contributed by atoms with Crippen molar-refractivity contribution in [1.29, 1.82) is 0 Å². The second-order valence-corrected chi connectivity index (χ2v) is 3.61. The monoisotopic (exact) mass is 266 g/mol. The molecule has 11 heavy (non-hydrogen) atoms. The van der Waals surface area contributed by atoms with Gasteiger partial charge in [0.25, 0.3) is 0 Å². The number of hydrogen-bond donors (Lipinski definition) is 0. The van der Waals surface area contributed by atoms with Gasteiger partial charge in [-0.2, -0.15) is 0 Å². The highest BCUT2D eigenvalue weighted by molar-refractivity contribution is 14.1. The zero-order valence-corrected chi connectivity index (χ0v) is 8.41. The minimum atomic E-state index is 0.0739. The minimum Gasteiger partial charge on any atom is -0.352 e. The fourth-order valence-corrected chi connectivity index (χ4v) is 2.32. The Morgan fingerprint density at radius 1 is 1.45 bits per heavy atom. The average Bonchev–Trinajstić information content (AvgIpc) is 2.47. The highest BCUT2D eigenvalue weighted by Gasteiger charge is 2.34. The summed E-state index contributed by atoms with van der Waals surface area (Å²) in [5.41, 5.74) is 1.41. The summed E-state index contributed by atoms with van der Waals surface area (Å²) in [7, 11) is 0. The lowest BCUT2D eigenvalue weighted by atomic mass is 9.96. The Bertz CT molecular complexity index is 179. The van der Waals surface area contributed by atoms with Crippen molar-refractivity contribution in [2.75, 3.05) is 13.2 Å². The molecule has 2 aliphatic rings. The van der Waals surface area contributed by atoms with Crippen LogP contribution in [0.1, 0.15) is 12.8 Å². The minimum absolute atomic E-state index is 0.0739. The van der Waals surface area contributed by atoms with Gasteiger partial charge in [-0.15, -0.1) is 0 Å². The standard InChI is InChI=1S/C8H11IO2/c9-4-6-5-11-8-7(6)2-1-3-10-8/h4,7-8H,1-3,5H2/b6-4+/t7-,8+/m1/s1. The van der Waals surface area contributed by atoms with Gasteiger partial charge in [-0.3, -0.25) is 0 Å². The van der Waals surface area contributed by atoms with E-state index in [1.54, 1.807) is 0 Å². The second-order valence-electron chi connectivity index (χ2n) is 2.98. The van der Waals surface area contributed by atoms with Crippen LogP contribution in [0.25, 0.3) is 0 Å². The number of fused-ring (bicyclic) bond motifs is 1. The molecular weight excluding hydrogens is 255 g/mol. The van der Waals surface area contributed by atoms with Crippen molar-refractivity contribution in [3.63, 3.8) is 0 Å². The van der Waals surface area contributed by atoms with Crippen LogP contribution in [0, 0.1) is 5.92 Å². The lowest BCUT2D eigenvalue weighted by molar-refractivity contribution is -0.150. The van der Waals surface area contributed by atoms with E-state index in [4.69, 9.17) is 9.47 Å². The Hall–Kier alpha value is 0.390. The molecule has 0 N–H and O–H groups in total. The third-order valence-corrected chi connectivity index (χ3v) is 3.10. The Morgan fingerprint density at radius 2 is 2.36 bits per heavy atom. The van der Waals surface area contributed by atoms with Gasteiger partial charge >= 0.3 is 0 Å². The van der Waals surface area contributed by atoms with Crippen LogP contribution in [-0.2, 0) is 9.47 Å². The average molecular weight is 266 g/mol. The molecule has 0 unspecified atom stereocenters. The van der Waals surface area contributed by atoms with E-state index in [1.807, 2.05) is 0 Å². The van der Waals surface area contributed by atoms with Crippen LogP contribution in [0.2, 0.25) is 0 Å². The Morgan fingerprint density at radius 3 is 3.18 bits per heavy atom. The van der Waals surface area contributed by atoms with E-state index >= 15 is 0 Å². The van der Waals surface area contributed by atoms with Crippen LogP contribution in [0.5, 0.6) is 0 Å². The summed E-state index contributed by atoms with van der Waals surface area (Å²) in [6.07, 6.45) is 2.49. The molecule has 2 atom stereocenters. The number of rotatable bonds is 0. The summed E-state index contributed by atoms with van der Waals surface area (Å²) in [6.45, 7) is 1.65. The first-order valence-corrected chi connectivity index (χ1v) is 5.19. The molecule has 3 heteroatoms. The highest BCUT2D eigenvalue weighted by Crippen LogP contribution is 2.34. The molecule has 2 nitrogen and oxygen atoms in total. The summed E-state index contributed by atoms with van der Waals surface area (Å²) in [4.78, 5) is 0. The third kappa shape index (κ3) is 1.46. The maximum absolute atomic E-state index is 5.47. The zero-order valence-electron chi connectivity index (χ0n) is 6.25. The molecule has 0 spiro atoms. The van der Waals surface area contributed by atoms with Crippen molar-refractivity contribution in [3.8, 4) is 0 Å². The molecule has 0 aromatic carbocycles. The smallest absolute Gasteiger partial charge is 0.164 e. The lowest BCUT2D eigenvalue weighted by Gasteiger charge is -2.24. The maximum Gasteiger partial charge on any atom is 0.164 e. The van der Waals surface area contributed by atoms with Crippen LogP contribution in [0.4, 0.5) is 0 Å². The molecular formula is C8H11IO2. The molecule has 2 aliphatic heterocycles. The van der Waals surface area contributed by atoms with Crippen LogP contribution in [-0.4, -0.2) is 19.5 Å². The Balaban J connectivity index is 2.10. The molecule has 2 saturated heterocycles. The van der Waals surface area contributed by atoms with Crippen LogP contribution >= 0.6 is 22.6 Å². The number of hydrogen-bond acceptors (Lipinski definition) is 2. The second kappa shape index (κ2) is 3.41. The predicted octanol–water partition coefficient (Wildman–Crippen LogP) is 2.09. The van der Waals surface area contributed by atoms with Crippen LogP contribution in [0.3, 0.4) is 0 Å². The summed E-state index contributed by atoms with van der Waals surface area (Å²) >= 11 is 2.28. The van der Waals surface area contributed by atoms with Gasteiger partial charge in [0.15, 0.2) is 6.29 Å². The van der Waals surface area contributed by atoms with Gasteiger partial charge in [-0.1, -0.05) is 22.6 Å². The molecule has 0 amide bonds. The van der Waals surface area contributed by atoms with Crippen molar-refractivity contribution < 1.29 is 9.47 Å². The van der Waals surface area contributed by atoms with Crippen molar-refractivity contribution in [2.45, 2.75) is 19.1 Å². The molecule has 2 heterocycles. The number of ether oxygens (including phenoxy) is 2. The first kappa shape index (κ1) is 8.01. The summed E-state index contributed by atoms with van der Waals surface area (Å²) in [6, 6.07) is 0. The predicted molar refractivity (Wildman–Crippen MR) is 50.5 cm³/mol. The van der Waals surface area contributed by atoms with E-state index in [9.17, 15) is 0 Å². The van der Waals surface area contributed by atoms with Gasteiger partial charge in [0, 0.05) is 12.5 Å². The van der Waals surface area contributed by atoms with Gasteiger partial charge in [0.05, 0.1) is 6.61 Å². The third-order valence-electron chi connectivity index (χ3n) is 2.30. The molecule has 62 valence electrons. The van der Waals surface area contributed by atoms with Gasteiger partial charge in [-0.05, 0) is 22.5 Å². The topological polar surface area (TPSA) is 18.5 Å². The molecule has 0 bridgehead atoms. The van der Waals surface area contributed by atoms with E-state index in [0.29, 0.717) is 5.92 Å². The Kier molecular flexibility index (Phi) is 2.48.